The zero-order valence-electron chi connectivity index (χ0n) is 17.8. The highest BCUT2D eigenvalue weighted by Gasteiger charge is 2.20. The van der Waals surface area contributed by atoms with Crippen LogP contribution in [0.15, 0.2) is 18.2 Å². The zero-order chi connectivity index (χ0) is 21.4. The van der Waals surface area contributed by atoms with Gasteiger partial charge in [-0.2, -0.15) is 0 Å². The number of hydrogen-bond acceptors (Lipinski definition) is 6. The second-order valence-electron chi connectivity index (χ2n) is 7.58. The quantitative estimate of drug-likeness (QED) is 0.519. The highest BCUT2D eigenvalue weighted by atomic mass is 32.1. The molecule has 2 rings (SSSR count). The van der Waals surface area contributed by atoms with E-state index in [0.29, 0.717) is 23.6 Å². The molecule has 0 atom stereocenters. The van der Waals surface area contributed by atoms with Crippen LogP contribution in [0.25, 0.3) is 0 Å². The summed E-state index contributed by atoms with van der Waals surface area (Å²) >= 11 is 5.34. The van der Waals surface area contributed by atoms with Gasteiger partial charge in [0.25, 0.3) is 0 Å². The standard InChI is InChI=1S/C21H32N4O3S/c1-5-24-10-12-25(13-11-24)18-8-7-16(20(27)28-4)14-17(18)22-21(29)23-19(26)9-6-15(2)3/h7-8,14-15H,5-6,9-13H2,1-4H3,(H2,22,23,26,29). The van der Waals surface area contributed by atoms with Crippen molar-refractivity contribution in [3.05, 3.63) is 23.8 Å². The van der Waals surface area contributed by atoms with E-state index in [1.807, 2.05) is 6.07 Å². The Morgan fingerprint density at radius 2 is 1.90 bits per heavy atom. The molecule has 1 aliphatic rings. The summed E-state index contributed by atoms with van der Waals surface area (Å²) in [5, 5.41) is 6.07. The predicted octanol–water partition coefficient (Wildman–Crippen LogP) is 2.86. The van der Waals surface area contributed by atoms with Crippen LogP contribution in [0.5, 0.6) is 0 Å². The fourth-order valence-corrected chi connectivity index (χ4v) is 3.45. The minimum Gasteiger partial charge on any atom is -0.465 e. The van der Waals surface area contributed by atoms with E-state index in [4.69, 9.17) is 17.0 Å². The van der Waals surface area contributed by atoms with Gasteiger partial charge in [0, 0.05) is 32.6 Å². The lowest BCUT2D eigenvalue weighted by molar-refractivity contribution is -0.119. The number of anilines is 2. The fraction of sp³-hybridized carbons (Fsp3) is 0.571. The minimum atomic E-state index is -0.415. The average molecular weight is 421 g/mol. The molecule has 1 fully saturated rings. The molecule has 0 unspecified atom stereocenters. The van der Waals surface area contributed by atoms with E-state index in [0.717, 1.165) is 44.8 Å². The predicted molar refractivity (Wildman–Crippen MR) is 121 cm³/mol. The molecule has 0 aromatic heterocycles. The number of likely N-dealkylation sites (N-methyl/N-ethyl adjacent to an activating group) is 1. The van der Waals surface area contributed by atoms with Gasteiger partial charge in [-0.25, -0.2) is 4.79 Å². The Morgan fingerprint density at radius 1 is 1.21 bits per heavy atom. The number of methoxy groups -OCH3 is 1. The highest BCUT2D eigenvalue weighted by Crippen LogP contribution is 2.28. The van der Waals surface area contributed by atoms with Crippen LogP contribution in [0.3, 0.4) is 0 Å². The molecular weight excluding hydrogens is 388 g/mol. The lowest BCUT2D eigenvalue weighted by Crippen LogP contribution is -2.46. The molecule has 1 aliphatic heterocycles. The van der Waals surface area contributed by atoms with E-state index >= 15 is 0 Å². The fourth-order valence-electron chi connectivity index (χ4n) is 3.22. The topological polar surface area (TPSA) is 73.9 Å². The Kier molecular flexibility index (Phi) is 8.85. The minimum absolute atomic E-state index is 0.113. The van der Waals surface area contributed by atoms with Crippen molar-refractivity contribution in [3.8, 4) is 0 Å². The van der Waals surface area contributed by atoms with Crippen LogP contribution in [0, 0.1) is 5.92 Å². The van der Waals surface area contributed by atoms with Gasteiger partial charge in [-0.1, -0.05) is 20.8 Å². The number of carbonyl (C=O) groups excluding carboxylic acids is 2. The first-order valence-electron chi connectivity index (χ1n) is 10.1. The molecule has 0 saturated carbocycles. The molecule has 1 amide bonds. The Bertz CT molecular complexity index is 731. The van der Waals surface area contributed by atoms with Crippen molar-refractivity contribution in [2.24, 2.45) is 5.92 Å². The number of nitrogens with zero attached hydrogens (tertiary/aromatic N) is 2. The zero-order valence-corrected chi connectivity index (χ0v) is 18.6. The molecule has 1 heterocycles. The van der Waals surface area contributed by atoms with Crippen molar-refractivity contribution >= 4 is 40.6 Å². The number of piperazine rings is 1. The third kappa shape index (κ3) is 6.97. The molecule has 0 aliphatic carbocycles. The number of ether oxygens (including phenoxy) is 1. The van der Waals surface area contributed by atoms with E-state index in [-0.39, 0.29) is 11.0 Å². The van der Waals surface area contributed by atoms with Gasteiger partial charge in [0.1, 0.15) is 0 Å². The summed E-state index contributed by atoms with van der Waals surface area (Å²) in [5.41, 5.74) is 2.07. The molecule has 1 aromatic rings. The maximum Gasteiger partial charge on any atom is 0.337 e. The number of amides is 1. The molecule has 0 bridgehead atoms. The van der Waals surface area contributed by atoms with Gasteiger partial charge >= 0.3 is 5.97 Å². The van der Waals surface area contributed by atoms with Crippen LogP contribution in [0.2, 0.25) is 0 Å². The summed E-state index contributed by atoms with van der Waals surface area (Å²) in [6, 6.07) is 5.38. The van der Waals surface area contributed by atoms with Gasteiger partial charge in [-0.05, 0) is 49.3 Å². The summed E-state index contributed by atoms with van der Waals surface area (Å²) in [6.45, 7) is 11.1. The van der Waals surface area contributed by atoms with Crippen LogP contribution in [-0.4, -0.2) is 61.7 Å². The number of hydrogen-bond donors (Lipinski definition) is 2. The molecule has 2 N–H and O–H groups in total. The first-order chi connectivity index (χ1) is 13.8. The van der Waals surface area contributed by atoms with E-state index in [9.17, 15) is 9.59 Å². The summed E-state index contributed by atoms with van der Waals surface area (Å²) in [7, 11) is 1.35. The van der Waals surface area contributed by atoms with E-state index in [1.165, 1.54) is 7.11 Å². The van der Waals surface area contributed by atoms with Crippen molar-refractivity contribution in [1.82, 2.24) is 10.2 Å². The van der Waals surface area contributed by atoms with Crippen LogP contribution in [0.4, 0.5) is 11.4 Å². The summed E-state index contributed by atoms with van der Waals surface area (Å²) < 4.78 is 4.84. The van der Waals surface area contributed by atoms with Gasteiger partial charge in [-0.3, -0.25) is 4.79 Å². The molecular formula is C21H32N4O3S. The third-order valence-electron chi connectivity index (χ3n) is 5.03. The lowest BCUT2D eigenvalue weighted by atomic mass is 10.1. The van der Waals surface area contributed by atoms with Gasteiger partial charge in [0.15, 0.2) is 5.11 Å². The lowest BCUT2D eigenvalue weighted by Gasteiger charge is -2.36. The van der Waals surface area contributed by atoms with Crippen molar-refractivity contribution in [2.45, 2.75) is 33.6 Å². The van der Waals surface area contributed by atoms with Crippen LogP contribution >= 0.6 is 12.2 Å². The molecule has 29 heavy (non-hydrogen) atoms. The Labute approximate surface area is 178 Å². The second kappa shape index (κ2) is 11.1. The molecule has 160 valence electrons. The summed E-state index contributed by atoms with van der Waals surface area (Å²) in [6.07, 6.45) is 1.23. The van der Waals surface area contributed by atoms with Gasteiger partial charge in [-0.15, -0.1) is 0 Å². The van der Waals surface area contributed by atoms with E-state index < -0.39 is 5.97 Å². The molecule has 0 radical (unpaired) electrons. The largest absolute Gasteiger partial charge is 0.465 e. The second-order valence-corrected chi connectivity index (χ2v) is 7.99. The Morgan fingerprint density at radius 3 is 2.48 bits per heavy atom. The summed E-state index contributed by atoms with van der Waals surface area (Å²) in [4.78, 5) is 28.7. The SMILES string of the molecule is CCN1CCN(c2ccc(C(=O)OC)cc2NC(=S)NC(=O)CCC(C)C)CC1. The number of carbonyl (C=O) groups is 2. The van der Waals surface area contributed by atoms with Crippen molar-refractivity contribution < 1.29 is 14.3 Å². The van der Waals surface area contributed by atoms with E-state index in [2.05, 4.69) is 41.2 Å². The maximum absolute atomic E-state index is 12.1. The van der Waals surface area contributed by atoms with Gasteiger partial charge in [0.05, 0.1) is 24.0 Å². The van der Waals surface area contributed by atoms with Crippen LogP contribution in [-0.2, 0) is 9.53 Å². The first kappa shape index (κ1) is 23.1. The number of esters is 1. The van der Waals surface area contributed by atoms with Crippen LogP contribution in [0.1, 0.15) is 44.0 Å². The average Bonchev–Trinajstić information content (AvgIpc) is 2.71. The van der Waals surface area contributed by atoms with Gasteiger partial charge < -0.3 is 25.2 Å². The van der Waals surface area contributed by atoms with Gasteiger partial charge in [0.2, 0.25) is 5.91 Å². The monoisotopic (exact) mass is 420 g/mol. The third-order valence-corrected chi connectivity index (χ3v) is 5.23. The highest BCUT2D eigenvalue weighted by molar-refractivity contribution is 7.80. The van der Waals surface area contributed by atoms with E-state index in [1.54, 1.807) is 12.1 Å². The number of thiocarbonyl (C=S) groups is 1. The maximum atomic E-state index is 12.1. The smallest absolute Gasteiger partial charge is 0.337 e. The normalized spacial score (nSPS) is 14.6. The molecule has 1 aromatic carbocycles. The molecule has 1 saturated heterocycles. The van der Waals surface area contributed by atoms with Crippen LogP contribution < -0.4 is 15.5 Å². The van der Waals surface area contributed by atoms with Crippen molar-refractivity contribution in [3.63, 3.8) is 0 Å². The van der Waals surface area contributed by atoms with Crippen molar-refractivity contribution in [2.75, 3.05) is 50.1 Å². The number of benzene rings is 1. The number of nitrogens with one attached hydrogen (secondary N) is 2. The number of rotatable bonds is 7. The molecule has 7 nitrogen and oxygen atoms in total. The van der Waals surface area contributed by atoms with Crippen molar-refractivity contribution in [1.29, 1.82) is 0 Å². The molecule has 0 spiro atoms. The summed E-state index contributed by atoms with van der Waals surface area (Å²) in [5.74, 6) is -0.0758. The Hall–Kier alpha value is -2.19. The first-order valence-corrected chi connectivity index (χ1v) is 10.5. The molecule has 8 heteroatoms. The Balaban J connectivity index is 2.15.